The Morgan fingerprint density at radius 3 is 2.83 bits per heavy atom. The number of nitrogens with one attached hydrogen (secondary N) is 1. The summed E-state index contributed by atoms with van der Waals surface area (Å²) in [6.45, 7) is 4.09. The van der Waals surface area contributed by atoms with Crippen LogP contribution in [0.25, 0.3) is 0 Å². The summed E-state index contributed by atoms with van der Waals surface area (Å²) >= 11 is 3.52. The molecule has 0 aliphatic carbocycles. The third-order valence-electron chi connectivity index (χ3n) is 3.12. The van der Waals surface area contributed by atoms with Crippen molar-refractivity contribution < 1.29 is 9.47 Å². The Bertz CT molecular complexity index is 353. The zero-order valence-electron chi connectivity index (χ0n) is 10.5. The minimum atomic E-state index is 0.603. The van der Waals surface area contributed by atoms with Crippen LogP contribution in [0, 0.1) is 0 Å². The molecular weight excluding hydrogens is 294 g/mol. The highest BCUT2D eigenvalue weighted by Gasteiger charge is 2.12. The first-order valence-corrected chi connectivity index (χ1v) is 7.28. The van der Waals surface area contributed by atoms with Gasteiger partial charge in [-0.3, -0.25) is 0 Å². The standard InChI is InChI=1S/C14H20BrNO2/c15-14-4-2-1-3-12(14)11-18-10-7-16-13-5-8-17-9-6-13/h1-4,13,16H,5-11H2. The Morgan fingerprint density at radius 2 is 2.06 bits per heavy atom. The molecule has 3 nitrogen and oxygen atoms in total. The van der Waals surface area contributed by atoms with E-state index in [0.29, 0.717) is 12.6 Å². The number of benzene rings is 1. The molecule has 1 saturated heterocycles. The van der Waals surface area contributed by atoms with Crippen molar-refractivity contribution in [2.45, 2.75) is 25.5 Å². The van der Waals surface area contributed by atoms with E-state index in [2.05, 4.69) is 27.3 Å². The molecule has 100 valence electrons. The van der Waals surface area contributed by atoms with Gasteiger partial charge in [0, 0.05) is 30.3 Å². The van der Waals surface area contributed by atoms with Gasteiger partial charge in [0.05, 0.1) is 13.2 Å². The summed E-state index contributed by atoms with van der Waals surface area (Å²) in [4.78, 5) is 0. The average molecular weight is 314 g/mol. The second kappa shape index (κ2) is 7.89. The van der Waals surface area contributed by atoms with E-state index in [1.54, 1.807) is 0 Å². The molecule has 0 saturated carbocycles. The summed E-state index contributed by atoms with van der Waals surface area (Å²) in [6.07, 6.45) is 2.23. The normalized spacial score (nSPS) is 16.9. The van der Waals surface area contributed by atoms with Gasteiger partial charge in [-0.2, -0.15) is 0 Å². The lowest BCUT2D eigenvalue weighted by Crippen LogP contribution is -2.36. The second-order valence-electron chi connectivity index (χ2n) is 4.48. The molecule has 0 atom stereocenters. The quantitative estimate of drug-likeness (QED) is 0.819. The van der Waals surface area contributed by atoms with Crippen LogP contribution < -0.4 is 5.32 Å². The van der Waals surface area contributed by atoms with Crippen molar-refractivity contribution in [3.05, 3.63) is 34.3 Å². The molecule has 1 aliphatic rings. The Kier molecular flexibility index (Phi) is 6.14. The van der Waals surface area contributed by atoms with Crippen molar-refractivity contribution >= 4 is 15.9 Å². The highest BCUT2D eigenvalue weighted by molar-refractivity contribution is 9.10. The third-order valence-corrected chi connectivity index (χ3v) is 3.89. The maximum atomic E-state index is 5.67. The molecule has 4 heteroatoms. The zero-order valence-corrected chi connectivity index (χ0v) is 12.1. The fourth-order valence-electron chi connectivity index (χ4n) is 2.03. The molecule has 1 aromatic carbocycles. The van der Waals surface area contributed by atoms with Crippen molar-refractivity contribution in [1.82, 2.24) is 5.32 Å². The Labute approximate surface area is 117 Å². The highest BCUT2D eigenvalue weighted by atomic mass is 79.9. The van der Waals surface area contributed by atoms with Gasteiger partial charge in [0.15, 0.2) is 0 Å². The second-order valence-corrected chi connectivity index (χ2v) is 5.34. The molecule has 2 rings (SSSR count). The van der Waals surface area contributed by atoms with Crippen molar-refractivity contribution in [3.8, 4) is 0 Å². The predicted octanol–water partition coefficient (Wildman–Crippen LogP) is 2.73. The van der Waals surface area contributed by atoms with Gasteiger partial charge in [0.25, 0.3) is 0 Å². The van der Waals surface area contributed by atoms with Gasteiger partial charge < -0.3 is 14.8 Å². The van der Waals surface area contributed by atoms with Crippen LogP contribution in [0.1, 0.15) is 18.4 Å². The average Bonchev–Trinajstić information content (AvgIpc) is 2.42. The van der Waals surface area contributed by atoms with Crippen LogP contribution >= 0.6 is 15.9 Å². The van der Waals surface area contributed by atoms with Crippen LogP contribution in [0.4, 0.5) is 0 Å². The van der Waals surface area contributed by atoms with Gasteiger partial charge in [-0.1, -0.05) is 34.1 Å². The monoisotopic (exact) mass is 313 g/mol. The third kappa shape index (κ3) is 4.69. The number of ether oxygens (including phenoxy) is 2. The summed E-state index contributed by atoms with van der Waals surface area (Å²) < 4.78 is 12.1. The number of halogens is 1. The molecule has 0 unspecified atom stereocenters. The molecule has 0 amide bonds. The predicted molar refractivity (Wildman–Crippen MR) is 75.6 cm³/mol. The molecule has 1 N–H and O–H groups in total. The largest absolute Gasteiger partial charge is 0.381 e. The first-order valence-electron chi connectivity index (χ1n) is 6.48. The highest BCUT2D eigenvalue weighted by Crippen LogP contribution is 2.16. The van der Waals surface area contributed by atoms with Gasteiger partial charge in [0.2, 0.25) is 0 Å². The SMILES string of the molecule is Brc1ccccc1COCCNC1CCOCC1. The summed E-state index contributed by atoms with van der Waals surface area (Å²) in [6, 6.07) is 8.77. The lowest BCUT2D eigenvalue weighted by Gasteiger charge is -2.23. The zero-order chi connectivity index (χ0) is 12.6. The lowest BCUT2D eigenvalue weighted by molar-refractivity contribution is 0.0715. The molecular formula is C14H20BrNO2. The van der Waals surface area contributed by atoms with Crippen molar-refractivity contribution in [2.24, 2.45) is 0 Å². The maximum Gasteiger partial charge on any atom is 0.0728 e. The van der Waals surface area contributed by atoms with Crippen molar-refractivity contribution in [1.29, 1.82) is 0 Å². The number of hydrogen-bond donors (Lipinski definition) is 1. The summed E-state index contributed by atoms with van der Waals surface area (Å²) in [5, 5.41) is 3.51. The Morgan fingerprint density at radius 1 is 1.28 bits per heavy atom. The van der Waals surface area contributed by atoms with Crippen LogP contribution in [-0.4, -0.2) is 32.4 Å². The van der Waals surface area contributed by atoms with Crippen LogP contribution in [0.2, 0.25) is 0 Å². The van der Waals surface area contributed by atoms with E-state index in [1.165, 1.54) is 5.56 Å². The van der Waals surface area contributed by atoms with Crippen molar-refractivity contribution in [2.75, 3.05) is 26.4 Å². The number of hydrogen-bond acceptors (Lipinski definition) is 3. The molecule has 0 radical (unpaired) electrons. The van der Waals surface area contributed by atoms with E-state index >= 15 is 0 Å². The molecule has 18 heavy (non-hydrogen) atoms. The molecule has 1 heterocycles. The topological polar surface area (TPSA) is 30.5 Å². The van der Waals surface area contributed by atoms with Crippen LogP contribution in [-0.2, 0) is 16.1 Å². The van der Waals surface area contributed by atoms with Gasteiger partial charge in [0.1, 0.15) is 0 Å². The lowest BCUT2D eigenvalue weighted by atomic mass is 10.1. The summed E-state index contributed by atoms with van der Waals surface area (Å²) in [7, 11) is 0. The molecule has 1 aliphatic heterocycles. The van der Waals surface area contributed by atoms with Gasteiger partial charge in [-0.05, 0) is 24.5 Å². The van der Waals surface area contributed by atoms with Gasteiger partial charge in [-0.25, -0.2) is 0 Å². The molecule has 1 fully saturated rings. The van der Waals surface area contributed by atoms with Crippen LogP contribution in [0.3, 0.4) is 0 Å². The fourth-order valence-corrected chi connectivity index (χ4v) is 2.43. The Balaban J connectivity index is 1.57. The van der Waals surface area contributed by atoms with Crippen LogP contribution in [0.15, 0.2) is 28.7 Å². The van der Waals surface area contributed by atoms with E-state index in [-0.39, 0.29) is 0 Å². The molecule has 0 bridgehead atoms. The van der Waals surface area contributed by atoms with E-state index in [1.807, 2.05) is 18.2 Å². The minimum absolute atomic E-state index is 0.603. The van der Waals surface area contributed by atoms with E-state index in [0.717, 1.165) is 43.7 Å². The summed E-state index contributed by atoms with van der Waals surface area (Å²) in [5.74, 6) is 0. The van der Waals surface area contributed by atoms with E-state index < -0.39 is 0 Å². The van der Waals surface area contributed by atoms with Crippen molar-refractivity contribution in [3.63, 3.8) is 0 Å². The Hall–Kier alpha value is -0.420. The first kappa shape index (κ1) is 14.0. The number of rotatable bonds is 6. The van der Waals surface area contributed by atoms with Gasteiger partial charge in [-0.15, -0.1) is 0 Å². The first-order chi connectivity index (χ1) is 8.86. The smallest absolute Gasteiger partial charge is 0.0728 e. The maximum absolute atomic E-state index is 5.67. The molecule has 0 aromatic heterocycles. The van der Waals surface area contributed by atoms with Crippen LogP contribution in [0.5, 0.6) is 0 Å². The van der Waals surface area contributed by atoms with E-state index in [9.17, 15) is 0 Å². The molecule has 0 spiro atoms. The fraction of sp³-hybridized carbons (Fsp3) is 0.571. The van der Waals surface area contributed by atoms with E-state index in [4.69, 9.17) is 9.47 Å². The van der Waals surface area contributed by atoms with Gasteiger partial charge >= 0.3 is 0 Å². The summed E-state index contributed by atoms with van der Waals surface area (Å²) in [5.41, 5.74) is 1.20. The molecule has 1 aromatic rings. The minimum Gasteiger partial charge on any atom is -0.381 e.